The van der Waals surface area contributed by atoms with Crippen LogP contribution < -0.4 is 11.1 Å². The van der Waals surface area contributed by atoms with Crippen LogP contribution in [0.2, 0.25) is 0 Å². The molecular weight excluding hydrogens is 252 g/mol. The maximum Gasteiger partial charge on any atom is 0.315 e. The Morgan fingerprint density at radius 2 is 2.17 bits per heavy atom. The Kier molecular flexibility index (Phi) is 5.51. The predicted molar refractivity (Wildman–Crippen MR) is 71.6 cm³/mol. The highest BCUT2D eigenvalue weighted by atomic mass is 32.2. The highest BCUT2D eigenvalue weighted by Crippen LogP contribution is 2.25. The lowest BCUT2D eigenvalue weighted by Crippen LogP contribution is -2.22. The summed E-state index contributed by atoms with van der Waals surface area (Å²) in [6.45, 7) is 2.42. The highest BCUT2D eigenvalue weighted by molar-refractivity contribution is 8.00. The maximum absolute atomic E-state index is 11.6. The van der Waals surface area contributed by atoms with Crippen LogP contribution in [0.3, 0.4) is 0 Å². The molecule has 0 spiro atoms. The molecule has 0 fully saturated rings. The van der Waals surface area contributed by atoms with Crippen LogP contribution >= 0.6 is 11.8 Å². The Morgan fingerprint density at radius 3 is 2.72 bits per heavy atom. The molecule has 1 aromatic carbocycles. The molecule has 0 saturated heterocycles. The van der Waals surface area contributed by atoms with Crippen molar-refractivity contribution < 1.29 is 14.3 Å². The zero-order valence-corrected chi connectivity index (χ0v) is 11.2. The van der Waals surface area contributed by atoms with Gasteiger partial charge in [0.15, 0.2) is 0 Å². The molecule has 1 rings (SSSR count). The largest absolute Gasteiger partial charge is 0.468 e. The van der Waals surface area contributed by atoms with Crippen molar-refractivity contribution in [1.29, 1.82) is 0 Å². The molecule has 0 radical (unpaired) electrons. The lowest BCUT2D eigenvalue weighted by Gasteiger charge is -2.07. The lowest BCUT2D eigenvalue weighted by molar-refractivity contribution is -0.137. The molecular formula is C12H16N2O3S. The number of rotatable bonds is 5. The first-order chi connectivity index (χ1) is 8.58. The van der Waals surface area contributed by atoms with E-state index in [1.165, 1.54) is 18.9 Å². The lowest BCUT2D eigenvalue weighted by atomic mass is 10.2. The molecule has 98 valence electrons. The second-order valence-electron chi connectivity index (χ2n) is 3.48. The van der Waals surface area contributed by atoms with Crippen molar-refractivity contribution in [3.63, 3.8) is 0 Å². The summed E-state index contributed by atoms with van der Waals surface area (Å²) in [6, 6.07) is 5.01. The Hall–Kier alpha value is -1.69. The van der Waals surface area contributed by atoms with E-state index < -0.39 is 0 Å². The van der Waals surface area contributed by atoms with Gasteiger partial charge in [-0.25, -0.2) is 0 Å². The zero-order chi connectivity index (χ0) is 13.5. The van der Waals surface area contributed by atoms with Gasteiger partial charge in [-0.1, -0.05) is 0 Å². The Balaban J connectivity index is 2.73. The summed E-state index contributed by atoms with van der Waals surface area (Å²) in [5.74, 6) is -0.276. The number of thioether (sulfide) groups is 1. The fourth-order valence-corrected chi connectivity index (χ4v) is 2.06. The van der Waals surface area contributed by atoms with E-state index in [-0.39, 0.29) is 17.6 Å². The smallest absolute Gasteiger partial charge is 0.315 e. The van der Waals surface area contributed by atoms with Crippen molar-refractivity contribution in [1.82, 2.24) is 5.32 Å². The molecule has 0 saturated carbocycles. The number of anilines is 1. The first-order valence-corrected chi connectivity index (χ1v) is 6.44. The standard InChI is InChI=1S/C12H16N2O3S/c1-3-14-12(16)8-4-5-10(9(13)6-8)18-7-11(15)17-2/h4-6H,3,7,13H2,1-2H3,(H,14,16). The summed E-state index contributed by atoms with van der Waals surface area (Å²) in [6.07, 6.45) is 0. The van der Waals surface area contributed by atoms with E-state index in [1.54, 1.807) is 18.2 Å². The first kappa shape index (κ1) is 14.4. The minimum atomic E-state index is -0.313. The number of carbonyl (C=O) groups excluding carboxylic acids is 2. The molecule has 18 heavy (non-hydrogen) atoms. The third kappa shape index (κ3) is 3.96. The molecule has 1 amide bonds. The summed E-state index contributed by atoms with van der Waals surface area (Å²) < 4.78 is 4.54. The molecule has 6 heteroatoms. The van der Waals surface area contributed by atoms with Gasteiger partial charge in [0.25, 0.3) is 5.91 Å². The molecule has 0 unspecified atom stereocenters. The molecule has 0 heterocycles. The minimum Gasteiger partial charge on any atom is -0.468 e. The van der Waals surface area contributed by atoms with Crippen LogP contribution in [0.4, 0.5) is 5.69 Å². The van der Waals surface area contributed by atoms with Gasteiger partial charge in [0.2, 0.25) is 0 Å². The van der Waals surface area contributed by atoms with Gasteiger partial charge in [-0.3, -0.25) is 9.59 Å². The van der Waals surface area contributed by atoms with Gasteiger partial charge >= 0.3 is 5.97 Å². The molecule has 0 aliphatic heterocycles. The Labute approximate surface area is 110 Å². The van der Waals surface area contributed by atoms with Crippen LogP contribution in [-0.4, -0.2) is 31.3 Å². The topological polar surface area (TPSA) is 81.4 Å². The van der Waals surface area contributed by atoms with E-state index >= 15 is 0 Å². The zero-order valence-electron chi connectivity index (χ0n) is 10.4. The van der Waals surface area contributed by atoms with E-state index in [0.29, 0.717) is 17.8 Å². The minimum absolute atomic E-state index is 0.159. The first-order valence-electron chi connectivity index (χ1n) is 5.45. The van der Waals surface area contributed by atoms with Crippen molar-refractivity contribution >= 4 is 29.3 Å². The summed E-state index contributed by atoms with van der Waals surface area (Å²) in [5, 5.41) is 2.69. The van der Waals surface area contributed by atoms with E-state index in [4.69, 9.17) is 5.73 Å². The van der Waals surface area contributed by atoms with Crippen LogP contribution in [0.25, 0.3) is 0 Å². The predicted octanol–water partition coefficient (Wildman–Crippen LogP) is 1.28. The molecule has 5 nitrogen and oxygen atoms in total. The summed E-state index contributed by atoms with van der Waals surface area (Å²) in [5.41, 5.74) is 6.82. The van der Waals surface area contributed by atoms with Gasteiger partial charge in [-0.15, -0.1) is 11.8 Å². The van der Waals surface area contributed by atoms with E-state index in [1.807, 2.05) is 6.92 Å². The van der Waals surface area contributed by atoms with Gasteiger partial charge < -0.3 is 15.8 Å². The number of carbonyl (C=O) groups is 2. The number of esters is 1. The molecule has 0 atom stereocenters. The van der Waals surface area contributed by atoms with Crippen molar-refractivity contribution in [3.8, 4) is 0 Å². The fourth-order valence-electron chi connectivity index (χ4n) is 1.28. The van der Waals surface area contributed by atoms with Gasteiger partial charge in [0.05, 0.1) is 12.9 Å². The SMILES string of the molecule is CCNC(=O)c1ccc(SCC(=O)OC)c(N)c1. The second kappa shape index (κ2) is 6.90. The van der Waals surface area contributed by atoms with Crippen LogP contribution in [-0.2, 0) is 9.53 Å². The average molecular weight is 268 g/mol. The number of nitrogens with two attached hydrogens (primary N) is 1. The number of amides is 1. The summed E-state index contributed by atoms with van der Waals surface area (Å²) in [7, 11) is 1.34. The van der Waals surface area contributed by atoms with E-state index in [2.05, 4.69) is 10.1 Å². The molecule has 0 bridgehead atoms. The van der Waals surface area contributed by atoms with Crippen LogP contribution in [0.5, 0.6) is 0 Å². The number of nitrogens with one attached hydrogen (secondary N) is 1. The number of hydrogen-bond donors (Lipinski definition) is 2. The summed E-state index contributed by atoms with van der Waals surface area (Å²) >= 11 is 1.28. The molecule has 3 N–H and O–H groups in total. The normalized spacial score (nSPS) is 9.89. The van der Waals surface area contributed by atoms with Crippen molar-refractivity contribution in [3.05, 3.63) is 23.8 Å². The number of hydrogen-bond acceptors (Lipinski definition) is 5. The van der Waals surface area contributed by atoms with Gasteiger partial charge in [0, 0.05) is 22.7 Å². The second-order valence-corrected chi connectivity index (χ2v) is 4.49. The van der Waals surface area contributed by atoms with Crippen molar-refractivity contribution in [2.24, 2.45) is 0 Å². The van der Waals surface area contributed by atoms with E-state index in [9.17, 15) is 9.59 Å². The molecule has 0 aliphatic rings. The number of ether oxygens (including phenoxy) is 1. The third-order valence-electron chi connectivity index (χ3n) is 2.18. The van der Waals surface area contributed by atoms with Crippen LogP contribution in [0.15, 0.2) is 23.1 Å². The van der Waals surface area contributed by atoms with E-state index in [0.717, 1.165) is 4.90 Å². The van der Waals surface area contributed by atoms with Gasteiger partial charge in [-0.2, -0.15) is 0 Å². The molecule has 1 aromatic rings. The Bertz CT molecular complexity index is 449. The maximum atomic E-state index is 11.6. The third-order valence-corrected chi connectivity index (χ3v) is 3.25. The average Bonchev–Trinajstić information content (AvgIpc) is 2.37. The monoisotopic (exact) mass is 268 g/mol. The van der Waals surface area contributed by atoms with Crippen LogP contribution in [0.1, 0.15) is 17.3 Å². The molecule has 0 aliphatic carbocycles. The molecule has 0 aromatic heterocycles. The van der Waals surface area contributed by atoms with Gasteiger partial charge in [-0.05, 0) is 25.1 Å². The van der Waals surface area contributed by atoms with Gasteiger partial charge in [0.1, 0.15) is 0 Å². The van der Waals surface area contributed by atoms with Crippen molar-refractivity contribution in [2.75, 3.05) is 25.1 Å². The fraction of sp³-hybridized carbons (Fsp3) is 0.333. The number of methoxy groups -OCH3 is 1. The Morgan fingerprint density at radius 1 is 1.44 bits per heavy atom. The van der Waals surface area contributed by atoms with Crippen LogP contribution in [0, 0.1) is 0 Å². The highest BCUT2D eigenvalue weighted by Gasteiger charge is 2.09. The van der Waals surface area contributed by atoms with Crippen molar-refractivity contribution in [2.45, 2.75) is 11.8 Å². The number of nitrogen functional groups attached to an aromatic ring is 1. The number of benzene rings is 1. The quantitative estimate of drug-likeness (QED) is 0.477. The summed E-state index contributed by atoms with van der Waals surface area (Å²) in [4.78, 5) is 23.3.